The minimum Gasteiger partial charge on any atom is -0.369 e. The fourth-order valence-electron chi connectivity index (χ4n) is 6.36. The Hall–Kier alpha value is -0.790. The highest BCUT2D eigenvalue weighted by Crippen LogP contribution is 2.20. The molecular weight excluding hydrogens is 510 g/mol. The number of carbonyl (C=O) groups is 1. The van der Waals surface area contributed by atoms with E-state index >= 15 is 0 Å². The molecule has 0 aliphatic carbocycles. The van der Waals surface area contributed by atoms with Crippen molar-refractivity contribution in [1.82, 2.24) is 0 Å². The number of nitrogens with two attached hydrogens (primary N) is 1. The molecule has 1 atom stereocenters. The standard InChI is InChI=1S/C40H79NO/c1-3-5-7-9-11-13-15-17-19-20-21-22-23-24-26-28-30-32-34-36-38-39(40(41)42)37-35-33-31-29-27-25-18-16-14-12-10-8-6-4-2/h17,19,39H,3-16,18,20-38H2,1-2H3,(H2,41,42). The topological polar surface area (TPSA) is 43.1 Å². The van der Waals surface area contributed by atoms with E-state index in [-0.39, 0.29) is 11.8 Å². The van der Waals surface area contributed by atoms with Crippen molar-refractivity contribution in [2.45, 2.75) is 232 Å². The molecule has 1 amide bonds. The van der Waals surface area contributed by atoms with Crippen molar-refractivity contribution in [1.29, 1.82) is 0 Å². The minimum atomic E-state index is -0.0574. The molecule has 0 bridgehead atoms. The third-order valence-corrected chi connectivity index (χ3v) is 9.37. The summed E-state index contributed by atoms with van der Waals surface area (Å²) in [5.74, 6) is 0.0608. The maximum atomic E-state index is 11.9. The first-order valence-electron chi connectivity index (χ1n) is 19.7. The maximum Gasteiger partial charge on any atom is 0.220 e. The molecule has 250 valence electrons. The summed E-state index contributed by atoms with van der Waals surface area (Å²) in [6.45, 7) is 4.58. The SMILES string of the molecule is CCCCCCCCC=CCCCCCCCCCCCCC(CCCCCCCCCCCCCCCC)C(N)=O. The number of rotatable bonds is 36. The van der Waals surface area contributed by atoms with E-state index in [1.807, 2.05) is 0 Å². The van der Waals surface area contributed by atoms with E-state index in [0.717, 1.165) is 12.8 Å². The largest absolute Gasteiger partial charge is 0.369 e. The molecule has 0 rings (SSSR count). The molecule has 0 aromatic rings. The van der Waals surface area contributed by atoms with E-state index in [9.17, 15) is 4.79 Å². The lowest BCUT2D eigenvalue weighted by Gasteiger charge is -2.13. The molecule has 1 unspecified atom stereocenters. The van der Waals surface area contributed by atoms with Gasteiger partial charge >= 0.3 is 0 Å². The second kappa shape index (κ2) is 36.4. The van der Waals surface area contributed by atoms with Gasteiger partial charge in [-0.2, -0.15) is 0 Å². The monoisotopic (exact) mass is 590 g/mol. The van der Waals surface area contributed by atoms with Gasteiger partial charge in [-0.3, -0.25) is 4.79 Å². The van der Waals surface area contributed by atoms with Gasteiger partial charge in [-0.1, -0.05) is 206 Å². The van der Waals surface area contributed by atoms with Gasteiger partial charge in [-0.25, -0.2) is 0 Å². The summed E-state index contributed by atoms with van der Waals surface area (Å²) >= 11 is 0. The van der Waals surface area contributed by atoms with Crippen LogP contribution in [0.5, 0.6) is 0 Å². The third-order valence-electron chi connectivity index (χ3n) is 9.37. The van der Waals surface area contributed by atoms with Gasteiger partial charge in [0.05, 0.1) is 0 Å². The van der Waals surface area contributed by atoms with Crippen LogP contribution in [0.4, 0.5) is 0 Å². The summed E-state index contributed by atoms with van der Waals surface area (Å²) < 4.78 is 0. The van der Waals surface area contributed by atoms with Crippen LogP contribution in [0.3, 0.4) is 0 Å². The maximum absolute atomic E-state index is 11.9. The summed E-state index contributed by atoms with van der Waals surface area (Å²) in [7, 11) is 0. The second-order valence-electron chi connectivity index (χ2n) is 13.6. The van der Waals surface area contributed by atoms with Gasteiger partial charge in [-0.15, -0.1) is 0 Å². The molecule has 42 heavy (non-hydrogen) atoms. The molecular formula is C40H79NO. The van der Waals surface area contributed by atoms with Crippen molar-refractivity contribution in [3.05, 3.63) is 12.2 Å². The van der Waals surface area contributed by atoms with Crippen molar-refractivity contribution in [2.75, 3.05) is 0 Å². The molecule has 2 N–H and O–H groups in total. The molecule has 2 nitrogen and oxygen atoms in total. The Morgan fingerprint density at radius 1 is 0.405 bits per heavy atom. The van der Waals surface area contributed by atoms with Crippen molar-refractivity contribution in [3.8, 4) is 0 Å². The van der Waals surface area contributed by atoms with Crippen molar-refractivity contribution >= 4 is 5.91 Å². The predicted octanol–water partition coefficient (Wildman–Crippen LogP) is 13.9. The first-order chi connectivity index (χ1) is 20.7. The molecule has 0 radical (unpaired) electrons. The Bertz CT molecular complexity index is 542. The average molecular weight is 590 g/mol. The summed E-state index contributed by atoms with van der Waals surface area (Å²) in [6.07, 6.45) is 50.7. The van der Waals surface area contributed by atoms with Gasteiger partial charge in [0.15, 0.2) is 0 Å². The quantitative estimate of drug-likeness (QED) is 0.0573. The zero-order chi connectivity index (χ0) is 30.6. The minimum absolute atomic E-state index is 0.0574. The Morgan fingerprint density at radius 3 is 0.905 bits per heavy atom. The number of hydrogen-bond acceptors (Lipinski definition) is 1. The Morgan fingerprint density at radius 2 is 0.643 bits per heavy atom. The van der Waals surface area contributed by atoms with Gasteiger partial charge < -0.3 is 5.73 Å². The van der Waals surface area contributed by atoms with E-state index in [2.05, 4.69) is 26.0 Å². The average Bonchev–Trinajstić information content (AvgIpc) is 2.99. The van der Waals surface area contributed by atoms with E-state index in [1.54, 1.807) is 0 Å². The molecule has 0 aliphatic heterocycles. The van der Waals surface area contributed by atoms with Crippen LogP contribution in [-0.2, 0) is 4.79 Å². The normalized spacial score (nSPS) is 12.4. The lowest BCUT2D eigenvalue weighted by Crippen LogP contribution is -2.23. The summed E-state index contributed by atoms with van der Waals surface area (Å²) in [4.78, 5) is 11.9. The fourth-order valence-corrected chi connectivity index (χ4v) is 6.36. The van der Waals surface area contributed by atoms with Crippen LogP contribution in [-0.4, -0.2) is 5.91 Å². The van der Waals surface area contributed by atoms with Crippen LogP contribution in [0.2, 0.25) is 0 Å². The van der Waals surface area contributed by atoms with Gasteiger partial charge in [0, 0.05) is 5.92 Å². The highest BCUT2D eigenvalue weighted by atomic mass is 16.1. The number of allylic oxidation sites excluding steroid dienone is 2. The second-order valence-corrected chi connectivity index (χ2v) is 13.6. The lowest BCUT2D eigenvalue weighted by molar-refractivity contribution is -0.122. The molecule has 0 heterocycles. The molecule has 2 heteroatoms. The molecule has 0 saturated heterocycles. The van der Waals surface area contributed by atoms with Gasteiger partial charge in [0.25, 0.3) is 0 Å². The van der Waals surface area contributed by atoms with Crippen molar-refractivity contribution in [3.63, 3.8) is 0 Å². The number of primary amides is 1. The number of unbranched alkanes of at least 4 members (excludes halogenated alkanes) is 29. The van der Waals surface area contributed by atoms with Crippen LogP contribution >= 0.6 is 0 Å². The molecule has 0 aromatic carbocycles. The predicted molar refractivity (Wildman–Crippen MR) is 190 cm³/mol. The lowest BCUT2D eigenvalue weighted by atomic mass is 9.93. The highest BCUT2D eigenvalue weighted by molar-refractivity contribution is 5.76. The summed E-state index contributed by atoms with van der Waals surface area (Å²) in [6, 6.07) is 0. The first kappa shape index (κ1) is 41.2. The van der Waals surface area contributed by atoms with Crippen LogP contribution in [0.15, 0.2) is 12.2 Å². The number of amides is 1. The summed E-state index contributed by atoms with van der Waals surface area (Å²) in [5.41, 5.74) is 5.73. The van der Waals surface area contributed by atoms with E-state index in [0.29, 0.717) is 0 Å². The first-order valence-corrected chi connectivity index (χ1v) is 19.7. The van der Waals surface area contributed by atoms with Gasteiger partial charge in [0.1, 0.15) is 0 Å². The zero-order valence-corrected chi connectivity index (χ0v) is 29.3. The molecule has 0 spiro atoms. The van der Waals surface area contributed by atoms with E-state index < -0.39 is 0 Å². The molecule has 0 fully saturated rings. The number of hydrogen-bond donors (Lipinski definition) is 1. The molecule has 0 aromatic heterocycles. The van der Waals surface area contributed by atoms with Crippen LogP contribution < -0.4 is 5.73 Å². The smallest absolute Gasteiger partial charge is 0.220 e. The highest BCUT2D eigenvalue weighted by Gasteiger charge is 2.14. The van der Waals surface area contributed by atoms with Crippen LogP contribution in [0.1, 0.15) is 232 Å². The Labute approximate surface area is 266 Å². The molecule has 0 saturated carbocycles. The Kier molecular flexibility index (Phi) is 35.7. The van der Waals surface area contributed by atoms with Gasteiger partial charge in [-0.05, 0) is 38.5 Å². The zero-order valence-electron chi connectivity index (χ0n) is 29.3. The fraction of sp³-hybridized carbons (Fsp3) is 0.925. The van der Waals surface area contributed by atoms with Gasteiger partial charge in [0.2, 0.25) is 5.91 Å². The third kappa shape index (κ3) is 33.7. The summed E-state index contributed by atoms with van der Waals surface area (Å²) in [5, 5.41) is 0. The van der Waals surface area contributed by atoms with E-state index in [4.69, 9.17) is 5.73 Å². The van der Waals surface area contributed by atoms with Crippen molar-refractivity contribution in [2.24, 2.45) is 11.7 Å². The van der Waals surface area contributed by atoms with Crippen LogP contribution in [0, 0.1) is 5.92 Å². The van der Waals surface area contributed by atoms with Crippen LogP contribution in [0.25, 0.3) is 0 Å². The Balaban J connectivity index is 3.39. The van der Waals surface area contributed by atoms with Crippen molar-refractivity contribution < 1.29 is 4.79 Å². The number of carbonyl (C=O) groups excluding carboxylic acids is 1. The van der Waals surface area contributed by atoms with E-state index in [1.165, 1.54) is 205 Å². The molecule has 0 aliphatic rings.